The monoisotopic (exact) mass is 410 g/mol. The third-order valence-corrected chi connectivity index (χ3v) is 3.61. The van der Waals surface area contributed by atoms with Gasteiger partial charge in [0.15, 0.2) is 6.10 Å². The Morgan fingerprint density at radius 1 is 1.18 bits per heavy atom. The second-order valence-corrected chi connectivity index (χ2v) is 5.91. The average molecular weight is 410 g/mol. The highest BCUT2D eigenvalue weighted by Crippen LogP contribution is 2.13. The van der Waals surface area contributed by atoms with Crippen molar-refractivity contribution in [2.24, 2.45) is 0 Å². The van der Waals surface area contributed by atoms with E-state index in [1.807, 2.05) is 12.1 Å². The van der Waals surface area contributed by atoms with Gasteiger partial charge in [0.25, 0.3) is 5.91 Å². The highest BCUT2D eigenvalue weighted by Gasteiger charge is 2.19. The van der Waals surface area contributed by atoms with Gasteiger partial charge in [-0.3, -0.25) is 4.79 Å². The zero-order valence-corrected chi connectivity index (χ0v) is 14.0. The number of nitrogens with one attached hydrogen (secondary N) is 1. The number of amides is 1. The molecule has 2 aromatic carbocycles. The van der Waals surface area contributed by atoms with E-state index < -0.39 is 18.0 Å². The minimum atomic E-state index is -0.909. The minimum absolute atomic E-state index is 0.314. The highest BCUT2D eigenvalue weighted by atomic mass is 127. The first-order valence-electron chi connectivity index (χ1n) is 6.58. The molecular formula is C16H15IN2O3. The summed E-state index contributed by atoms with van der Waals surface area (Å²) in [7, 11) is 0. The Labute approximate surface area is 142 Å². The lowest BCUT2D eigenvalue weighted by Crippen LogP contribution is -2.30. The Balaban J connectivity index is 1.96. The minimum Gasteiger partial charge on any atom is -0.449 e. The summed E-state index contributed by atoms with van der Waals surface area (Å²) in [5, 5.41) is 2.69. The first-order chi connectivity index (χ1) is 10.5. The van der Waals surface area contributed by atoms with Gasteiger partial charge in [-0.15, -0.1) is 0 Å². The van der Waals surface area contributed by atoms with Crippen LogP contribution >= 0.6 is 22.6 Å². The Hall–Kier alpha value is -2.09. The summed E-state index contributed by atoms with van der Waals surface area (Å²) < 4.78 is 6.21. The SMILES string of the molecule is CC(OC(=O)c1cccc(N)c1)C(=O)Nc1ccc(I)cc1. The lowest BCUT2D eigenvalue weighted by molar-refractivity contribution is -0.123. The molecular weight excluding hydrogens is 395 g/mol. The number of hydrogen-bond donors (Lipinski definition) is 2. The molecule has 0 aliphatic rings. The molecule has 0 saturated heterocycles. The van der Waals surface area contributed by atoms with Gasteiger partial charge in [-0.05, 0) is 72.0 Å². The number of nitrogen functional groups attached to an aromatic ring is 1. The van der Waals surface area contributed by atoms with Crippen molar-refractivity contribution in [3.8, 4) is 0 Å². The second kappa shape index (κ2) is 7.26. The van der Waals surface area contributed by atoms with Crippen molar-refractivity contribution in [3.63, 3.8) is 0 Å². The molecule has 0 aliphatic heterocycles. The topological polar surface area (TPSA) is 81.4 Å². The van der Waals surface area contributed by atoms with E-state index in [0.717, 1.165) is 3.57 Å². The normalized spacial score (nSPS) is 11.5. The molecule has 0 fully saturated rings. The Kier molecular flexibility index (Phi) is 5.37. The fourth-order valence-electron chi connectivity index (χ4n) is 1.72. The van der Waals surface area contributed by atoms with E-state index in [1.54, 1.807) is 30.3 Å². The average Bonchev–Trinajstić information content (AvgIpc) is 2.49. The smallest absolute Gasteiger partial charge is 0.338 e. The number of esters is 1. The van der Waals surface area contributed by atoms with E-state index >= 15 is 0 Å². The van der Waals surface area contributed by atoms with Crippen LogP contribution in [-0.4, -0.2) is 18.0 Å². The van der Waals surface area contributed by atoms with E-state index in [1.165, 1.54) is 13.0 Å². The number of anilines is 2. The fourth-order valence-corrected chi connectivity index (χ4v) is 2.08. The molecule has 0 spiro atoms. The Morgan fingerprint density at radius 3 is 2.50 bits per heavy atom. The van der Waals surface area contributed by atoms with Gasteiger partial charge in [-0.2, -0.15) is 0 Å². The van der Waals surface area contributed by atoms with Crippen LogP contribution in [0.25, 0.3) is 0 Å². The van der Waals surface area contributed by atoms with Crippen LogP contribution < -0.4 is 11.1 Å². The zero-order valence-electron chi connectivity index (χ0n) is 11.9. The van der Waals surface area contributed by atoms with Crippen molar-refractivity contribution >= 4 is 45.8 Å². The quantitative estimate of drug-likeness (QED) is 0.461. The molecule has 5 nitrogen and oxygen atoms in total. The number of ether oxygens (including phenoxy) is 1. The maximum Gasteiger partial charge on any atom is 0.338 e. The van der Waals surface area contributed by atoms with E-state index in [-0.39, 0.29) is 0 Å². The van der Waals surface area contributed by atoms with Gasteiger partial charge in [0.2, 0.25) is 0 Å². The number of carbonyl (C=O) groups excluding carboxylic acids is 2. The lowest BCUT2D eigenvalue weighted by Gasteiger charge is -2.13. The Bertz CT molecular complexity index is 686. The molecule has 0 aromatic heterocycles. The molecule has 1 unspecified atom stereocenters. The van der Waals surface area contributed by atoms with Crippen LogP contribution in [0.15, 0.2) is 48.5 Å². The van der Waals surface area contributed by atoms with Crippen LogP contribution in [0.3, 0.4) is 0 Å². The molecule has 1 atom stereocenters. The molecule has 0 radical (unpaired) electrons. The van der Waals surface area contributed by atoms with Gasteiger partial charge < -0.3 is 15.8 Å². The van der Waals surface area contributed by atoms with Crippen molar-refractivity contribution in [3.05, 3.63) is 57.7 Å². The highest BCUT2D eigenvalue weighted by molar-refractivity contribution is 14.1. The molecule has 114 valence electrons. The molecule has 3 N–H and O–H groups in total. The standard InChI is InChI=1S/C16H15IN2O3/c1-10(15(20)19-14-7-5-12(17)6-8-14)22-16(21)11-3-2-4-13(18)9-11/h2-10H,18H2,1H3,(H,19,20). The van der Waals surface area contributed by atoms with Crippen molar-refractivity contribution < 1.29 is 14.3 Å². The summed E-state index contributed by atoms with van der Waals surface area (Å²) in [5.41, 5.74) is 7.04. The van der Waals surface area contributed by atoms with Gasteiger partial charge in [0, 0.05) is 14.9 Å². The van der Waals surface area contributed by atoms with Crippen LogP contribution in [0.5, 0.6) is 0 Å². The molecule has 2 aromatic rings. The summed E-state index contributed by atoms with van der Waals surface area (Å²) in [6, 6.07) is 13.7. The number of carbonyl (C=O) groups is 2. The summed E-state index contributed by atoms with van der Waals surface area (Å²) in [6.45, 7) is 1.52. The first kappa shape index (κ1) is 16.3. The predicted molar refractivity (Wildman–Crippen MR) is 93.5 cm³/mol. The van der Waals surface area contributed by atoms with E-state index in [4.69, 9.17) is 10.5 Å². The third-order valence-electron chi connectivity index (χ3n) is 2.89. The molecule has 0 saturated carbocycles. The van der Waals surface area contributed by atoms with E-state index in [2.05, 4.69) is 27.9 Å². The molecule has 0 aliphatic carbocycles. The number of nitrogens with two attached hydrogens (primary N) is 1. The first-order valence-corrected chi connectivity index (χ1v) is 7.66. The van der Waals surface area contributed by atoms with Crippen molar-refractivity contribution in [2.75, 3.05) is 11.1 Å². The van der Waals surface area contributed by atoms with Gasteiger partial charge in [0.1, 0.15) is 0 Å². The van der Waals surface area contributed by atoms with Gasteiger partial charge >= 0.3 is 5.97 Å². The largest absolute Gasteiger partial charge is 0.449 e. The number of rotatable bonds is 4. The zero-order chi connectivity index (χ0) is 16.1. The maximum absolute atomic E-state index is 12.0. The maximum atomic E-state index is 12.0. The van der Waals surface area contributed by atoms with Crippen LogP contribution in [0, 0.1) is 3.57 Å². The molecule has 0 bridgehead atoms. The molecule has 0 heterocycles. The Morgan fingerprint density at radius 2 is 1.86 bits per heavy atom. The number of hydrogen-bond acceptors (Lipinski definition) is 4. The van der Waals surface area contributed by atoms with Gasteiger partial charge in [-0.25, -0.2) is 4.79 Å². The molecule has 2 rings (SSSR count). The van der Waals surface area contributed by atoms with Crippen molar-refractivity contribution in [2.45, 2.75) is 13.0 Å². The summed E-state index contributed by atoms with van der Waals surface area (Å²) >= 11 is 2.18. The molecule has 1 amide bonds. The van der Waals surface area contributed by atoms with Crippen LogP contribution in [-0.2, 0) is 9.53 Å². The molecule has 22 heavy (non-hydrogen) atoms. The summed E-state index contributed by atoms with van der Waals surface area (Å²) in [4.78, 5) is 24.0. The third kappa shape index (κ3) is 4.45. The van der Waals surface area contributed by atoms with E-state index in [9.17, 15) is 9.59 Å². The van der Waals surface area contributed by atoms with Crippen molar-refractivity contribution in [1.29, 1.82) is 0 Å². The summed E-state index contributed by atoms with van der Waals surface area (Å²) in [6.07, 6.45) is -0.909. The number of halogens is 1. The van der Waals surface area contributed by atoms with Gasteiger partial charge in [-0.1, -0.05) is 6.07 Å². The van der Waals surface area contributed by atoms with E-state index in [0.29, 0.717) is 16.9 Å². The van der Waals surface area contributed by atoms with Gasteiger partial charge in [0.05, 0.1) is 5.56 Å². The van der Waals surface area contributed by atoms with Crippen molar-refractivity contribution in [1.82, 2.24) is 0 Å². The predicted octanol–water partition coefficient (Wildman–Crippen LogP) is 3.06. The second-order valence-electron chi connectivity index (χ2n) is 4.67. The van der Waals surface area contributed by atoms with Crippen LogP contribution in [0.2, 0.25) is 0 Å². The van der Waals surface area contributed by atoms with Crippen LogP contribution in [0.1, 0.15) is 17.3 Å². The lowest BCUT2D eigenvalue weighted by atomic mass is 10.2. The van der Waals surface area contributed by atoms with Crippen LogP contribution in [0.4, 0.5) is 11.4 Å². The molecule has 6 heteroatoms. The summed E-state index contributed by atoms with van der Waals surface area (Å²) in [5.74, 6) is -0.976. The fraction of sp³-hybridized carbons (Fsp3) is 0.125. The number of benzene rings is 2.